The van der Waals surface area contributed by atoms with E-state index in [2.05, 4.69) is 20.8 Å². The zero-order valence-corrected chi connectivity index (χ0v) is 21.2. The molecule has 0 aliphatic rings. The molecule has 8 heteroatoms. The number of Topliss-reactive ketones (excluding diaryl/α,β-unsaturated/α-hetero) is 3. The quantitative estimate of drug-likeness (QED) is 0.0886. The summed E-state index contributed by atoms with van der Waals surface area (Å²) in [5.74, 6) is -1.07. The Morgan fingerprint density at radius 1 is 0.636 bits per heavy atom. The van der Waals surface area contributed by atoms with E-state index >= 15 is 0 Å². The monoisotopic (exact) mass is 472 g/mol. The predicted octanol–water partition coefficient (Wildman–Crippen LogP) is 6.13. The Kier molecular flexibility index (Phi) is 22.2. The van der Waals surface area contributed by atoms with E-state index in [9.17, 15) is 14.4 Å². The molecule has 0 saturated carbocycles. The Morgan fingerprint density at radius 2 is 0.848 bits per heavy atom. The minimum atomic E-state index is -1.90. The lowest BCUT2D eigenvalue weighted by molar-refractivity contribution is -0.742. The van der Waals surface area contributed by atoms with Gasteiger partial charge in [0.15, 0.2) is 22.9 Å². The van der Waals surface area contributed by atoms with Crippen molar-refractivity contribution in [3.8, 4) is 0 Å². The topological polar surface area (TPSA) is 141 Å². The van der Waals surface area contributed by atoms with E-state index in [0.29, 0.717) is 19.3 Å². The van der Waals surface area contributed by atoms with Crippen molar-refractivity contribution in [3.63, 3.8) is 0 Å². The average molecular weight is 473 g/mol. The number of rotatable bonds is 21. The highest BCUT2D eigenvalue weighted by Gasteiger charge is 2.46. The largest absolute Gasteiger partial charge is 0.328 e. The molecular formula is C25H48N2O6. The third-order valence-electron chi connectivity index (χ3n) is 5.84. The van der Waals surface area contributed by atoms with Crippen LogP contribution in [0.25, 0.3) is 0 Å². The first-order valence-corrected chi connectivity index (χ1v) is 12.9. The lowest BCUT2D eigenvalue weighted by Gasteiger charge is -2.25. The minimum absolute atomic E-state index is 0.239. The van der Waals surface area contributed by atoms with Gasteiger partial charge in [0, 0.05) is 19.3 Å². The maximum atomic E-state index is 12.9. The lowest BCUT2D eigenvalue weighted by atomic mass is 9.79. The molecule has 0 rings (SSSR count). The number of carbonyl (C=O) groups is 3. The molecule has 0 saturated heterocycles. The van der Waals surface area contributed by atoms with Gasteiger partial charge in [0.25, 0.3) is 5.09 Å². The molecule has 0 radical (unpaired) electrons. The first kappa shape index (κ1) is 33.3. The molecule has 0 spiro atoms. The van der Waals surface area contributed by atoms with Crippen molar-refractivity contribution in [2.24, 2.45) is 5.73 Å². The smallest absolute Gasteiger partial charge is 0.291 e. The first-order chi connectivity index (χ1) is 15.7. The summed E-state index contributed by atoms with van der Waals surface area (Å²) in [6.45, 7) is 6.44. The van der Waals surface area contributed by atoms with Crippen molar-refractivity contribution >= 4 is 17.3 Å². The van der Waals surface area contributed by atoms with Crippen LogP contribution in [0.2, 0.25) is 0 Å². The second kappa shape index (κ2) is 22.0. The molecule has 0 aliphatic heterocycles. The second-order valence-corrected chi connectivity index (χ2v) is 8.81. The van der Waals surface area contributed by atoms with Gasteiger partial charge in [-0.15, -0.1) is 10.1 Å². The highest BCUT2D eigenvalue weighted by molar-refractivity contribution is 6.29. The van der Waals surface area contributed by atoms with Crippen molar-refractivity contribution in [1.82, 2.24) is 0 Å². The number of hydrogen-bond acceptors (Lipinski definition) is 6. The predicted molar refractivity (Wildman–Crippen MR) is 131 cm³/mol. The third-order valence-corrected chi connectivity index (χ3v) is 5.84. The van der Waals surface area contributed by atoms with Crippen molar-refractivity contribution in [3.05, 3.63) is 10.1 Å². The molecule has 0 atom stereocenters. The van der Waals surface area contributed by atoms with E-state index in [4.69, 9.17) is 21.1 Å². The van der Waals surface area contributed by atoms with Crippen LogP contribution in [0.5, 0.6) is 0 Å². The molecule has 3 N–H and O–H groups in total. The molecule has 194 valence electrons. The van der Waals surface area contributed by atoms with Gasteiger partial charge < -0.3 is 10.9 Å². The normalized spacial score (nSPS) is 10.9. The van der Waals surface area contributed by atoms with E-state index in [1.54, 1.807) is 0 Å². The van der Waals surface area contributed by atoms with E-state index in [1.165, 1.54) is 0 Å². The molecule has 0 unspecified atom stereocenters. The van der Waals surface area contributed by atoms with Crippen molar-refractivity contribution in [2.75, 3.05) is 0 Å². The fourth-order valence-corrected chi connectivity index (χ4v) is 3.73. The number of ketones is 3. The van der Waals surface area contributed by atoms with Crippen molar-refractivity contribution in [1.29, 1.82) is 0 Å². The van der Waals surface area contributed by atoms with Crippen LogP contribution >= 0.6 is 0 Å². The molecule has 33 heavy (non-hydrogen) atoms. The molecule has 0 bridgehead atoms. The summed E-state index contributed by atoms with van der Waals surface area (Å²) < 4.78 is 0. The maximum absolute atomic E-state index is 12.9. The van der Waals surface area contributed by atoms with Crippen molar-refractivity contribution in [2.45, 2.75) is 142 Å². The Balaban J connectivity index is 0. The number of hydrogen-bond donors (Lipinski definition) is 2. The summed E-state index contributed by atoms with van der Waals surface area (Å²) in [6.07, 6.45) is 15.8. The lowest BCUT2D eigenvalue weighted by Crippen LogP contribution is -2.61. The third kappa shape index (κ3) is 17.3. The maximum Gasteiger partial charge on any atom is 0.291 e. The summed E-state index contributed by atoms with van der Waals surface area (Å²) in [6, 6.07) is 0. The second-order valence-electron chi connectivity index (χ2n) is 8.81. The van der Waals surface area contributed by atoms with Crippen LogP contribution in [0.1, 0.15) is 136 Å². The highest BCUT2D eigenvalue weighted by Crippen LogP contribution is 2.20. The van der Waals surface area contributed by atoms with Gasteiger partial charge in [-0.1, -0.05) is 97.8 Å². The highest BCUT2D eigenvalue weighted by atomic mass is 16.9. The van der Waals surface area contributed by atoms with Crippen LogP contribution in [0.15, 0.2) is 0 Å². The zero-order chi connectivity index (χ0) is 25.5. The van der Waals surface area contributed by atoms with Gasteiger partial charge in [-0.05, 0) is 19.3 Å². The minimum Gasteiger partial charge on any atom is -0.328 e. The zero-order valence-electron chi connectivity index (χ0n) is 21.2. The molecule has 0 aromatic rings. The number of nitrogens with two attached hydrogens (primary N) is 1. The molecule has 8 nitrogen and oxygen atoms in total. The summed E-state index contributed by atoms with van der Waals surface area (Å²) in [7, 11) is 0. The molecule has 0 aromatic heterocycles. The van der Waals surface area contributed by atoms with Crippen LogP contribution < -0.4 is 5.73 Å². The standard InChI is InChI=1S/C25H47NO3.HNO3/c1-4-7-10-13-16-19-22(27)25(26,23(28)20-17-14-11-8-5-2)24(29)21-18-15-12-9-6-3;2-1(3)4/h4-21,26H2,1-3H3;(H,2,3,4). The van der Waals surface area contributed by atoms with Gasteiger partial charge in [0.2, 0.25) is 0 Å². The molecule has 0 aromatic carbocycles. The Labute approximate surface area is 200 Å². The van der Waals surface area contributed by atoms with Crippen LogP contribution in [-0.2, 0) is 14.4 Å². The fourth-order valence-electron chi connectivity index (χ4n) is 3.73. The average Bonchev–Trinajstić information content (AvgIpc) is 2.77. The molecular weight excluding hydrogens is 424 g/mol. The van der Waals surface area contributed by atoms with Gasteiger partial charge >= 0.3 is 0 Å². The summed E-state index contributed by atoms with van der Waals surface area (Å²) >= 11 is 0. The van der Waals surface area contributed by atoms with Crippen LogP contribution in [0, 0.1) is 10.1 Å². The van der Waals surface area contributed by atoms with Crippen LogP contribution in [0.4, 0.5) is 0 Å². The first-order valence-electron chi connectivity index (χ1n) is 12.9. The molecule has 0 aliphatic carbocycles. The van der Waals surface area contributed by atoms with Crippen LogP contribution in [-0.4, -0.2) is 33.2 Å². The summed E-state index contributed by atoms with van der Waals surface area (Å²) in [4.78, 5) is 47.0. The SMILES string of the molecule is CCCCCCCC(=O)C(N)(C(=O)CCCCCCC)C(=O)CCCCCCC.O=[N+]([O-])O. The Bertz CT molecular complexity index is 482. The Morgan fingerprint density at radius 3 is 1.06 bits per heavy atom. The van der Waals surface area contributed by atoms with Crippen LogP contribution in [0.3, 0.4) is 0 Å². The molecule has 0 heterocycles. The number of unbranched alkanes of at least 4 members (excludes halogenated alkanes) is 12. The van der Waals surface area contributed by atoms with Gasteiger partial charge in [-0.3, -0.25) is 14.4 Å². The number of carbonyl (C=O) groups excluding carboxylic acids is 3. The summed E-state index contributed by atoms with van der Waals surface area (Å²) in [5, 5.41) is 13.6. The van der Waals surface area contributed by atoms with E-state index in [0.717, 1.165) is 77.0 Å². The van der Waals surface area contributed by atoms with Gasteiger partial charge in [0.05, 0.1) is 0 Å². The Hall–Kier alpha value is -1.83. The van der Waals surface area contributed by atoms with E-state index < -0.39 is 10.6 Å². The molecule has 0 amide bonds. The molecule has 0 fully saturated rings. The van der Waals surface area contributed by atoms with Gasteiger partial charge in [-0.25, -0.2) is 0 Å². The van der Waals surface area contributed by atoms with E-state index in [1.807, 2.05) is 0 Å². The fraction of sp³-hybridized carbons (Fsp3) is 0.880. The van der Waals surface area contributed by atoms with Crippen molar-refractivity contribution < 1.29 is 24.7 Å². The van der Waals surface area contributed by atoms with Gasteiger partial charge in [0.1, 0.15) is 0 Å². The number of nitrogens with zero attached hydrogens (tertiary/aromatic N) is 1. The van der Waals surface area contributed by atoms with E-state index in [-0.39, 0.29) is 36.6 Å². The van der Waals surface area contributed by atoms with Gasteiger partial charge in [-0.2, -0.15) is 0 Å². The summed E-state index contributed by atoms with van der Waals surface area (Å²) in [5.41, 5.74) is 4.40.